The van der Waals surface area contributed by atoms with Crippen LogP contribution in [0, 0.1) is 5.82 Å². The van der Waals surface area contributed by atoms with Crippen molar-refractivity contribution in [2.45, 2.75) is 17.6 Å². The lowest BCUT2D eigenvalue weighted by molar-refractivity contribution is 0.241. The molecule has 0 saturated carbocycles. The first-order valence-electron chi connectivity index (χ1n) is 8.50. The number of methoxy groups -OCH3 is 1. The van der Waals surface area contributed by atoms with Crippen LogP contribution in [0.1, 0.15) is 11.8 Å². The predicted molar refractivity (Wildman–Crippen MR) is 101 cm³/mol. The average molecular weight is 414 g/mol. The van der Waals surface area contributed by atoms with Gasteiger partial charge in [-0.25, -0.2) is 4.39 Å². The lowest BCUT2D eigenvalue weighted by Crippen LogP contribution is -1.97. The summed E-state index contributed by atoms with van der Waals surface area (Å²) in [6.45, 7) is 0.114. The third-order valence-electron chi connectivity index (χ3n) is 3.75. The molecule has 0 atom stereocenters. The summed E-state index contributed by atoms with van der Waals surface area (Å²) < 4.78 is 35.0. The molecular formula is C19H15FN4O4S. The summed E-state index contributed by atoms with van der Waals surface area (Å²) in [6.07, 6.45) is 0. The second kappa shape index (κ2) is 8.74. The molecule has 0 aliphatic carbocycles. The molecule has 2 aromatic carbocycles. The van der Waals surface area contributed by atoms with Crippen LogP contribution < -0.4 is 9.47 Å². The van der Waals surface area contributed by atoms with Crippen molar-refractivity contribution in [1.29, 1.82) is 0 Å². The largest absolute Gasteiger partial charge is 0.493 e. The topological polar surface area (TPSA) is 96.3 Å². The highest BCUT2D eigenvalue weighted by molar-refractivity contribution is 7.98. The highest BCUT2D eigenvalue weighted by atomic mass is 32.2. The number of benzene rings is 2. The third-order valence-corrected chi connectivity index (χ3v) is 4.55. The summed E-state index contributed by atoms with van der Waals surface area (Å²) in [4.78, 5) is 0. The van der Waals surface area contributed by atoms with E-state index < -0.39 is 0 Å². The van der Waals surface area contributed by atoms with Crippen LogP contribution in [0.5, 0.6) is 11.5 Å². The van der Waals surface area contributed by atoms with Crippen LogP contribution in [0.4, 0.5) is 4.39 Å². The molecule has 8 nitrogen and oxygen atoms in total. The highest BCUT2D eigenvalue weighted by Crippen LogP contribution is 2.27. The Balaban J connectivity index is 1.32. The molecule has 0 amide bonds. The number of para-hydroxylation sites is 2. The van der Waals surface area contributed by atoms with Gasteiger partial charge >= 0.3 is 0 Å². The number of thioether (sulfide) groups is 1. The van der Waals surface area contributed by atoms with Gasteiger partial charge in [-0.1, -0.05) is 23.9 Å². The maximum Gasteiger partial charge on any atom is 0.277 e. The highest BCUT2D eigenvalue weighted by Gasteiger charge is 2.13. The van der Waals surface area contributed by atoms with Crippen LogP contribution in [0.3, 0.4) is 0 Å². The molecule has 0 spiro atoms. The van der Waals surface area contributed by atoms with E-state index in [0.717, 1.165) is 0 Å². The predicted octanol–water partition coefficient (Wildman–Crippen LogP) is 4.14. The lowest BCUT2D eigenvalue weighted by Gasteiger charge is -2.07. The second-order valence-electron chi connectivity index (χ2n) is 5.70. The van der Waals surface area contributed by atoms with Crippen LogP contribution >= 0.6 is 11.8 Å². The van der Waals surface area contributed by atoms with E-state index in [1.165, 1.54) is 23.9 Å². The van der Waals surface area contributed by atoms with Gasteiger partial charge in [0, 0.05) is 5.56 Å². The van der Waals surface area contributed by atoms with Crippen molar-refractivity contribution >= 4 is 11.8 Å². The van der Waals surface area contributed by atoms with Crippen LogP contribution in [0.25, 0.3) is 11.5 Å². The van der Waals surface area contributed by atoms with Crippen molar-refractivity contribution in [1.82, 2.24) is 20.4 Å². The Morgan fingerprint density at radius 1 is 0.897 bits per heavy atom. The molecule has 2 heterocycles. The number of rotatable bonds is 8. The Morgan fingerprint density at radius 2 is 1.66 bits per heavy atom. The van der Waals surface area contributed by atoms with Crippen molar-refractivity contribution in [3.8, 4) is 23.0 Å². The summed E-state index contributed by atoms with van der Waals surface area (Å²) >= 11 is 1.26. The van der Waals surface area contributed by atoms with Crippen molar-refractivity contribution in [2.24, 2.45) is 0 Å². The molecule has 148 valence electrons. The average Bonchev–Trinajstić information content (AvgIpc) is 3.41. The van der Waals surface area contributed by atoms with E-state index in [0.29, 0.717) is 45.7 Å². The summed E-state index contributed by atoms with van der Waals surface area (Å²) in [5.74, 6) is 2.26. The first-order chi connectivity index (χ1) is 14.2. The Morgan fingerprint density at radius 3 is 2.45 bits per heavy atom. The van der Waals surface area contributed by atoms with E-state index in [1.807, 2.05) is 12.1 Å². The van der Waals surface area contributed by atoms with Gasteiger partial charge in [-0.3, -0.25) is 0 Å². The molecule has 0 N–H and O–H groups in total. The van der Waals surface area contributed by atoms with E-state index in [4.69, 9.17) is 18.3 Å². The Labute approximate surface area is 169 Å². The van der Waals surface area contributed by atoms with Gasteiger partial charge in [-0.2, -0.15) is 0 Å². The molecule has 0 unspecified atom stereocenters. The maximum atomic E-state index is 13.0. The molecule has 4 rings (SSSR count). The monoisotopic (exact) mass is 414 g/mol. The molecule has 0 aliphatic rings. The van der Waals surface area contributed by atoms with Gasteiger partial charge in [0.15, 0.2) is 18.1 Å². The molecule has 0 bridgehead atoms. The standard InChI is InChI=1S/C19H15FN4O4S/c1-25-14-4-2-3-5-15(14)26-10-16-21-24-19(28-16)29-11-17-22-23-18(27-17)12-6-8-13(20)9-7-12/h2-9H,10-11H2,1H3. The Kier molecular flexibility index (Phi) is 5.71. The maximum absolute atomic E-state index is 13.0. The molecule has 10 heteroatoms. The zero-order valence-corrected chi connectivity index (χ0v) is 16.1. The van der Waals surface area contributed by atoms with Crippen molar-refractivity contribution < 1.29 is 22.7 Å². The third kappa shape index (κ3) is 4.72. The van der Waals surface area contributed by atoms with Gasteiger partial charge in [0.2, 0.25) is 11.8 Å². The smallest absolute Gasteiger partial charge is 0.277 e. The van der Waals surface area contributed by atoms with Gasteiger partial charge < -0.3 is 18.3 Å². The fraction of sp³-hybridized carbons (Fsp3) is 0.158. The number of hydrogen-bond acceptors (Lipinski definition) is 9. The van der Waals surface area contributed by atoms with E-state index in [1.54, 1.807) is 31.4 Å². The molecule has 0 radical (unpaired) electrons. The van der Waals surface area contributed by atoms with Crippen molar-refractivity contribution in [3.05, 3.63) is 66.1 Å². The van der Waals surface area contributed by atoms with Gasteiger partial charge in [-0.05, 0) is 36.4 Å². The molecule has 4 aromatic rings. The minimum absolute atomic E-state index is 0.114. The van der Waals surface area contributed by atoms with Crippen LogP contribution in [0.15, 0.2) is 62.6 Å². The number of hydrogen-bond donors (Lipinski definition) is 0. The summed E-state index contributed by atoms with van der Waals surface area (Å²) in [7, 11) is 1.57. The minimum atomic E-state index is -0.328. The number of aromatic nitrogens is 4. The van der Waals surface area contributed by atoms with E-state index in [2.05, 4.69) is 20.4 Å². The fourth-order valence-electron chi connectivity index (χ4n) is 2.38. The zero-order chi connectivity index (χ0) is 20.1. The molecule has 0 saturated heterocycles. The molecule has 29 heavy (non-hydrogen) atoms. The molecule has 0 aliphatic heterocycles. The SMILES string of the molecule is COc1ccccc1OCc1nnc(SCc2nnc(-c3ccc(F)cc3)o2)o1. The Bertz CT molecular complexity index is 1080. The first-order valence-corrected chi connectivity index (χ1v) is 9.49. The Hall–Kier alpha value is -3.40. The van der Waals surface area contributed by atoms with Gasteiger partial charge in [0.1, 0.15) is 5.82 Å². The van der Waals surface area contributed by atoms with Crippen LogP contribution in [-0.4, -0.2) is 27.5 Å². The number of halogens is 1. The second-order valence-corrected chi connectivity index (χ2v) is 6.62. The normalized spacial score (nSPS) is 10.8. The summed E-state index contributed by atoms with van der Waals surface area (Å²) in [5.41, 5.74) is 0.642. The van der Waals surface area contributed by atoms with Gasteiger partial charge in [0.25, 0.3) is 11.1 Å². The van der Waals surface area contributed by atoms with Crippen LogP contribution in [0.2, 0.25) is 0 Å². The van der Waals surface area contributed by atoms with Crippen molar-refractivity contribution in [3.63, 3.8) is 0 Å². The van der Waals surface area contributed by atoms with Crippen molar-refractivity contribution in [2.75, 3.05) is 7.11 Å². The van der Waals surface area contributed by atoms with E-state index in [-0.39, 0.29) is 12.4 Å². The number of ether oxygens (including phenoxy) is 2. The molecule has 0 fully saturated rings. The molecule has 2 aromatic heterocycles. The quantitative estimate of drug-likeness (QED) is 0.394. The first kappa shape index (κ1) is 18.9. The zero-order valence-electron chi connectivity index (χ0n) is 15.2. The van der Waals surface area contributed by atoms with E-state index in [9.17, 15) is 4.39 Å². The lowest BCUT2D eigenvalue weighted by atomic mass is 10.2. The molecular weight excluding hydrogens is 399 g/mol. The van der Waals surface area contributed by atoms with Crippen LogP contribution in [-0.2, 0) is 12.4 Å². The van der Waals surface area contributed by atoms with Gasteiger partial charge in [-0.15, -0.1) is 20.4 Å². The number of nitrogens with zero attached hydrogens (tertiary/aromatic N) is 4. The van der Waals surface area contributed by atoms with Gasteiger partial charge in [0.05, 0.1) is 12.9 Å². The van der Waals surface area contributed by atoms with E-state index >= 15 is 0 Å². The minimum Gasteiger partial charge on any atom is -0.493 e. The fourth-order valence-corrected chi connectivity index (χ4v) is 2.99. The summed E-state index contributed by atoms with van der Waals surface area (Å²) in [5, 5.41) is 16.2. The summed E-state index contributed by atoms with van der Waals surface area (Å²) in [6, 6.07) is 13.1.